The zero-order chi connectivity index (χ0) is 30.1. The Morgan fingerprint density at radius 3 is 2.31 bits per heavy atom. The van der Waals surface area contributed by atoms with Gasteiger partial charge < -0.3 is 19.7 Å². The summed E-state index contributed by atoms with van der Waals surface area (Å²) in [6, 6.07) is 17.2. The highest BCUT2D eigenvalue weighted by Crippen LogP contribution is 2.52. The molecule has 0 amide bonds. The molecule has 1 unspecified atom stereocenters. The van der Waals surface area contributed by atoms with Crippen LogP contribution in [0.4, 0.5) is 4.39 Å². The minimum atomic E-state index is -1.39. The van der Waals surface area contributed by atoms with Gasteiger partial charge in [0.15, 0.2) is 5.72 Å². The van der Waals surface area contributed by atoms with Crippen molar-refractivity contribution in [2.45, 2.75) is 62.9 Å². The fraction of sp³-hybridized carbons (Fsp3) is 0.424. The van der Waals surface area contributed by atoms with Gasteiger partial charge in [0.1, 0.15) is 5.82 Å². The Bertz CT molecular complexity index is 1410. The van der Waals surface area contributed by atoms with Crippen LogP contribution in [0.15, 0.2) is 60.7 Å². The van der Waals surface area contributed by atoms with E-state index in [9.17, 15) is 15.0 Å². The van der Waals surface area contributed by atoms with E-state index in [-0.39, 0.29) is 25.3 Å². The van der Waals surface area contributed by atoms with E-state index in [1.165, 1.54) is 13.2 Å². The zero-order valence-electron chi connectivity index (χ0n) is 23.8. The Balaban J connectivity index is 1.70. The lowest BCUT2D eigenvalue weighted by Crippen LogP contribution is -2.46. The number of fused-ring (bicyclic) bond motifs is 1. The number of methoxy groups -OCH3 is 1. The van der Waals surface area contributed by atoms with Crippen LogP contribution in [0, 0.1) is 11.7 Å². The van der Waals surface area contributed by atoms with Gasteiger partial charge in [-0.3, -0.25) is 9.69 Å². The van der Waals surface area contributed by atoms with Gasteiger partial charge in [-0.2, -0.15) is 0 Å². The SMILES string of the molecule is CCC(O)(c1cc(F)c2c(c1)CN([C@@H](CCC(=O)O)c1ccc(Cl)cc1)[C@@]2(OC)c1ccc(Cl)cc1)C1CCOCC1. The van der Waals surface area contributed by atoms with Crippen molar-refractivity contribution in [2.24, 2.45) is 5.92 Å². The number of halogens is 3. The fourth-order valence-electron chi connectivity index (χ4n) is 6.86. The lowest BCUT2D eigenvalue weighted by atomic mass is 9.74. The molecule has 9 heteroatoms. The van der Waals surface area contributed by atoms with Crippen molar-refractivity contribution < 1.29 is 28.9 Å². The molecule has 1 saturated heterocycles. The molecule has 1 fully saturated rings. The van der Waals surface area contributed by atoms with E-state index < -0.39 is 29.2 Å². The molecule has 3 atom stereocenters. The second kappa shape index (κ2) is 12.6. The Morgan fingerprint density at radius 1 is 1.12 bits per heavy atom. The molecule has 2 aliphatic rings. The summed E-state index contributed by atoms with van der Waals surface area (Å²) in [6.07, 6.45) is 1.95. The van der Waals surface area contributed by atoms with Crippen molar-refractivity contribution in [3.05, 3.63) is 104 Å². The molecule has 6 nitrogen and oxygen atoms in total. The second-order valence-corrected chi connectivity index (χ2v) is 12.0. The van der Waals surface area contributed by atoms with Crippen LogP contribution in [-0.4, -0.2) is 41.4 Å². The number of carboxylic acids is 1. The van der Waals surface area contributed by atoms with E-state index in [0.29, 0.717) is 64.8 Å². The molecule has 2 N–H and O–H groups in total. The van der Waals surface area contributed by atoms with Crippen molar-refractivity contribution >= 4 is 29.2 Å². The average molecular weight is 617 g/mol. The first-order valence-electron chi connectivity index (χ1n) is 14.3. The van der Waals surface area contributed by atoms with Gasteiger partial charge in [-0.05, 0) is 78.6 Å². The predicted octanol–water partition coefficient (Wildman–Crippen LogP) is 7.43. The highest BCUT2D eigenvalue weighted by atomic mass is 35.5. The molecule has 2 aliphatic heterocycles. The molecule has 2 heterocycles. The van der Waals surface area contributed by atoms with Gasteiger partial charge in [0, 0.05) is 60.5 Å². The molecule has 42 heavy (non-hydrogen) atoms. The van der Waals surface area contributed by atoms with Crippen LogP contribution in [-0.2, 0) is 32.1 Å². The van der Waals surface area contributed by atoms with Gasteiger partial charge in [-0.1, -0.05) is 60.5 Å². The molecule has 0 spiro atoms. The van der Waals surface area contributed by atoms with Crippen LogP contribution in [0.25, 0.3) is 0 Å². The Morgan fingerprint density at radius 2 is 1.74 bits per heavy atom. The summed E-state index contributed by atoms with van der Waals surface area (Å²) in [5.74, 6) is -1.49. The van der Waals surface area contributed by atoms with Gasteiger partial charge in [-0.15, -0.1) is 0 Å². The normalized spacial score (nSPS) is 21.6. The van der Waals surface area contributed by atoms with Crippen LogP contribution < -0.4 is 0 Å². The molecular formula is C33H36Cl2FNO5. The van der Waals surface area contributed by atoms with Crippen LogP contribution in [0.5, 0.6) is 0 Å². The topological polar surface area (TPSA) is 79.2 Å². The zero-order valence-corrected chi connectivity index (χ0v) is 25.3. The predicted molar refractivity (Wildman–Crippen MR) is 160 cm³/mol. The molecule has 0 aliphatic carbocycles. The van der Waals surface area contributed by atoms with Gasteiger partial charge >= 0.3 is 5.97 Å². The molecule has 3 aromatic rings. The summed E-state index contributed by atoms with van der Waals surface area (Å²) < 4.78 is 28.5. The van der Waals surface area contributed by atoms with Crippen LogP contribution in [0.2, 0.25) is 10.0 Å². The number of aliphatic hydroxyl groups is 1. The van der Waals surface area contributed by atoms with Crippen LogP contribution >= 0.6 is 23.2 Å². The van der Waals surface area contributed by atoms with Gasteiger partial charge in [0.05, 0.1) is 5.60 Å². The van der Waals surface area contributed by atoms with E-state index in [2.05, 4.69) is 0 Å². The van der Waals surface area contributed by atoms with Crippen molar-refractivity contribution in [1.29, 1.82) is 0 Å². The minimum Gasteiger partial charge on any atom is -0.481 e. The number of nitrogens with zero attached hydrogens (tertiary/aromatic N) is 1. The van der Waals surface area contributed by atoms with Crippen molar-refractivity contribution in [3.63, 3.8) is 0 Å². The highest BCUT2D eigenvalue weighted by Gasteiger charge is 2.53. The first-order chi connectivity index (χ1) is 20.1. The maximum Gasteiger partial charge on any atom is 0.303 e. The van der Waals surface area contributed by atoms with Crippen LogP contribution in [0.3, 0.4) is 0 Å². The quantitative estimate of drug-likeness (QED) is 0.247. The molecule has 3 aromatic carbocycles. The van der Waals surface area contributed by atoms with E-state index in [1.54, 1.807) is 24.3 Å². The molecule has 0 saturated carbocycles. The smallest absolute Gasteiger partial charge is 0.303 e. The van der Waals surface area contributed by atoms with Gasteiger partial charge in [0.25, 0.3) is 0 Å². The molecule has 224 valence electrons. The lowest BCUT2D eigenvalue weighted by molar-refractivity contribution is -0.141. The van der Waals surface area contributed by atoms with Crippen molar-refractivity contribution in [1.82, 2.24) is 4.90 Å². The number of carbonyl (C=O) groups is 1. The Hall–Kier alpha value is -2.52. The largest absolute Gasteiger partial charge is 0.481 e. The third-order valence-electron chi connectivity index (χ3n) is 8.99. The first kappa shape index (κ1) is 30.9. The summed E-state index contributed by atoms with van der Waals surface area (Å²) in [7, 11) is 1.53. The average Bonchev–Trinajstić information content (AvgIpc) is 3.34. The summed E-state index contributed by atoms with van der Waals surface area (Å²) in [4.78, 5) is 13.8. The maximum absolute atomic E-state index is 16.7. The second-order valence-electron chi connectivity index (χ2n) is 11.1. The molecule has 0 aromatic heterocycles. The standard InChI is InChI=1S/C33H36Cl2FNO5/c1-3-32(40,23-14-16-42-17-15-23)25-18-22-20-37(29(12-13-30(38)39)21-4-8-26(34)9-5-21)33(41-2,31(22)28(36)19-25)24-6-10-27(35)11-7-24/h4-11,18-19,23,29,40H,3,12-17,20H2,1-2H3,(H,38,39)/t29-,32?,33+/m0/s1. The van der Waals surface area contributed by atoms with Gasteiger partial charge in [-0.25, -0.2) is 4.39 Å². The molecular weight excluding hydrogens is 580 g/mol. The monoisotopic (exact) mass is 615 g/mol. The molecule has 0 radical (unpaired) electrons. The number of aliphatic carboxylic acids is 1. The van der Waals surface area contributed by atoms with E-state index in [1.807, 2.05) is 42.2 Å². The van der Waals surface area contributed by atoms with Crippen molar-refractivity contribution in [3.8, 4) is 0 Å². The first-order valence-corrected chi connectivity index (χ1v) is 15.1. The molecule has 5 rings (SSSR count). The molecule has 0 bridgehead atoms. The number of benzene rings is 3. The number of hydrogen-bond acceptors (Lipinski definition) is 5. The lowest BCUT2D eigenvalue weighted by Gasteiger charge is -2.43. The number of carboxylic acid groups (broad SMARTS) is 1. The third kappa shape index (κ3) is 5.59. The maximum atomic E-state index is 16.7. The van der Waals surface area contributed by atoms with Crippen molar-refractivity contribution in [2.75, 3.05) is 20.3 Å². The minimum absolute atomic E-state index is 0.0629. The Kier molecular flexibility index (Phi) is 9.28. The van der Waals surface area contributed by atoms with E-state index in [4.69, 9.17) is 32.7 Å². The summed E-state index contributed by atoms with van der Waals surface area (Å²) in [6.45, 7) is 3.30. The fourth-order valence-corrected chi connectivity index (χ4v) is 7.11. The summed E-state index contributed by atoms with van der Waals surface area (Å²) in [5.41, 5.74) is 0.424. The number of hydrogen-bond donors (Lipinski definition) is 2. The Labute approximate surface area is 256 Å². The highest BCUT2D eigenvalue weighted by molar-refractivity contribution is 6.30. The van der Waals surface area contributed by atoms with E-state index in [0.717, 1.165) is 5.56 Å². The summed E-state index contributed by atoms with van der Waals surface area (Å²) >= 11 is 12.5. The summed E-state index contributed by atoms with van der Waals surface area (Å²) in [5, 5.41) is 22.7. The van der Waals surface area contributed by atoms with Crippen LogP contribution in [0.1, 0.15) is 72.9 Å². The number of ether oxygens (including phenoxy) is 2. The van der Waals surface area contributed by atoms with E-state index >= 15 is 4.39 Å². The number of rotatable bonds is 10. The third-order valence-corrected chi connectivity index (χ3v) is 9.49. The van der Waals surface area contributed by atoms with Gasteiger partial charge in [0.2, 0.25) is 0 Å².